The number of rotatable bonds is 5. The Labute approximate surface area is 166 Å². The van der Waals surface area contributed by atoms with E-state index in [-0.39, 0.29) is 24.4 Å². The monoisotopic (exact) mass is 397 g/mol. The molecule has 144 valence electrons. The molecule has 1 saturated heterocycles. The predicted molar refractivity (Wildman–Crippen MR) is 110 cm³/mol. The number of nitrogens with one attached hydrogen (secondary N) is 1. The largest absolute Gasteiger partial charge is 0.370 e. The van der Waals surface area contributed by atoms with Gasteiger partial charge in [-0.1, -0.05) is 28.9 Å². The molecule has 7 nitrogen and oxygen atoms in total. The third kappa shape index (κ3) is 3.84. The predicted octanol–water partition coefficient (Wildman–Crippen LogP) is 3.07. The van der Waals surface area contributed by atoms with Crippen LogP contribution in [0.4, 0.5) is 11.4 Å². The smallest absolute Gasteiger partial charge is 0.277 e. The molecule has 3 aromatic rings. The van der Waals surface area contributed by atoms with E-state index in [9.17, 15) is 9.59 Å². The van der Waals surface area contributed by atoms with Gasteiger partial charge in [-0.15, -0.1) is 5.10 Å². The maximum absolute atomic E-state index is 12.5. The lowest BCUT2D eigenvalue weighted by Crippen LogP contribution is -2.27. The quantitative estimate of drug-likeness (QED) is 0.715. The van der Waals surface area contributed by atoms with Gasteiger partial charge < -0.3 is 10.2 Å². The van der Waals surface area contributed by atoms with E-state index >= 15 is 0 Å². The number of carbonyl (C=O) groups excluding carboxylic acids is 1. The van der Waals surface area contributed by atoms with Crippen molar-refractivity contribution in [2.24, 2.45) is 0 Å². The van der Waals surface area contributed by atoms with Crippen LogP contribution in [0, 0.1) is 0 Å². The molecule has 1 aliphatic rings. The van der Waals surface area contributed by atoms with Crippen LogP contribution in [0.2, 0.25) is 5.02 Å². The number of hydrogen-bond acceptors (Lipinski definition) is 5. The fraction of sp³-hybridized carbons (Fsp3) is 0.300. The third-order valence-corrected chi connectivity index (χ3v) is 5.09. The van der Waals surface area contributed by atoms with Gasteiger partial charge in [0.05, 0.1) is 23.3 Å². The summed E-state index contributed by atoms with van der Waals surface area (Å²) in [4.78, 5) is 27.2. The van der Waals surface area contributed by atoms with Gasteiger partial charge in [-0.3, -0.25) is 9.59 Å². The minimum absolute atomic E-state index is 0.110. The lowest BCUT2D eigenvalue weighted by atomic mass is 10.2. The number of nitrogens with zero attached hydrogens (tertiary/aromatic N) is 4. The Morgan fingerprint density at radius 2 is 1.93 bits per heavy atom. The average molecular weight is 398 g/mol. The van der Waals surface area contributed by atoms with E-state index in [0.29, 0.717) is 21.6 Å². The molecule has 28 heavy (non-hydrogen) atoms. The second-order valence-electron chi connectivity index (χ2n) is 6.79. The first-order valence-corrected chi connectivity index (χ1v) is 9.66. The number of amides is 1. The second kappa shape index (κ2) is 7.98. The standard InChI is InChI=1S/C20H20ClN5O2/c21-14-7-8-18(25-10-3-4-11-25)17(13-14)22-19(27)9-12-26-20(28)15-5-1-2-6-16(15)23-24-26/h1-2,5-8,13H,3-4,9-12H2,(H,22,27). The molecule has 0 saturated carbocycles. The van der Waals surface area contributed by atoms with E-state index in [1.807, 2.05) is 12.1 Å². The molecule has 0 unspecified atom stereocenters. The van der Waals surface area contributed by atoms with Crippen LogP contribution in [-0.2, 0) is 11.3 Å². The van der Waals surface area contributed by atoms with Crippen LogP contribution in [0.5, 0.6) is 0 Å². The fourth-order valence-electron chi connectivity index (χ4n) is 3.43. The number of aromatic nitrogens is 3. The summed E-state index contributed by atoms with van der Waals surface area (Å²) in [6, 6.07) is 12.5. The highest BCUT2D eigenvalue weighted by atomic mass is 35.5. The Balaban J connectivity index is 1.48. The molecule has 1 aromatic heterocycles. The van der Waals surface area contributed by atoms with E-state index < -0.39 is 0 Å². The van der Waals surface area contributed by atoms with Gasteiger partial charge in [0.15, 0.2) is 0 Å². The van der Waals surface area contributed by atoms with Crippen LogP contribution < -0.4 is 15.8 Å². The van der Waals surface area contributed by atoms with E-state index in [1.54, 1.807) is 30.3 Å². The molecular weight excluding hydrogens is 378 g/mol. The summed E-state index contributed by atoms with van der Waals surface area (Å²) in [6.07, 6.45) is 2.39. The second-order valence-corrected chi connectivity index (χ2v) is 7.23. The molecule has 0 bridgehead atoms. The summed E-state index contributed by atoms with van der Waals surface area (Å²) >= 11 is 6.12. The van der Waals surface area contributed by atoms with Crippen LogP contribution in [-0.4, -0.2) is 34.0 Å². The van der Waals surface area contributed by atoms with Gasteiger partial charge in [0.1, 0.15) is 5.52 Å². The summed E-state index contributed by atoms with van der Waals surface area (Å²) in [7, 11) is 0. The van der Waals surface area contributed by atoms with Gasteiger partial charge in [0, 0.05) is 24.5 Å². The molecule has 1 amide bonds. The van der Waals surface area contributed by atoms with Gasteiger partial charge in [-0.25, -0.2) is 4.68 Å². The number of carbonyl (C=O) groups is 1. The molecule has 2 aromatic carbocycles. The van der Waals surface area contributed by atoms with Gasteiger partial charge in [0.25, 0.3) is 5.56 Å². The Kier molecular flexibility index (Phi) is 5.25. The molecule has 0 atom stereocenters. The number of anilines is 2. The summed E-state index contributed by atoms with van der Waals surface area (Å²) in [5.74, 6) is -0.204. The van der Waals surface area contributed by atoms with Crippen LogP contribution in [0.1, 0.15) is 19.3 Å². The molecular formula is C20H20ClN5O2. The number of hydrogen-bond donors (Lipinski definition) is 1. The van der Waals surface area contributed by atoms with Crippen LogP contribution in [0.25, 0.3) is 10.9 Å². The minimum atomic E-state index is -0.251. The highest BCUT2D eigenvalue weighted by molar-refractivity contribution is 6.31. The zero-order chi connectivity index (χ0) is 19.5. The first-order chi connectivity index (χ1) is 13.6. The van der Waals surface area contributed by atoms with Crippen molar-refractivity contribution < 1.29 is 4.79 Å². The van der Waals surface area contributed by atoms with Crippen LogP contribution >= 0.6 is 11.6 Å². The number of fused-ring (bicyclic) bond motifs is 1. The van der Waals surface area contributed by atoms with Crippen molar-refractivity contribution in [3.63, 3.8) is 0 Å². The number of aryl methyl sites for hydroxylation is 1. The zero-order valence-corrected chi connectivity index (χ0v) is 16.0. The maximum atomic E-state index is 12.5. The molecule has 0 aliphatic carbocycles. The Hall–Kier alpha value is -2.93. The Bertz CT molecular complexity index is 1080. The van der Waals surface area contributed by atoms with Crippen molar-refractivity contribution in [2.75, 3.05) is 23.3 Å². The maximum Gasteiger partial charge on any atom is 0.277 e. The molecule has 1 aliphatic heterocycles. The van der Waals surface area contributed by atoms with Gasteiger partial charge in [-0.05, 0) is 43.2 Å². The third-order valence-electron chi connectivity index (χ3n) is 4.86. The first-order valence-electron chi connectivity index (χ1n) is 9.29. The van der Waals surface area contributed by atoms with Crippen molar-refractivity contribution in [1.82, 2.24) is 15.0 Å². The van der Waals surface area contributed by atoms with Gasteiger partial charge in [0.2, 0.25) is 5.91 Å². The lowest BCUT2D eigenvalue weighted by Gasteiger charge is -2.22. The molecule has 0 spiro atoms. The highest BCUT2D eigenvalue weighted by Crippen LogP contribution is 2.31. The van der Waals surface area contributed by atoms with Crippen LogP contribution in [0.15, 0.2) is 47.3 Å². The molecule has 4 rings (SSSR count). The summed E-state index contributed by atoms with van der Waals surface area (Å²) in [5.41, 5.74) is 1.95. The molecule has 1 N–H and O–H groups in total. The minimum Gasteiger partial charge on any atom is -0.370 e. The SMILES string of the molecule is O=C(CCn1nnc2ccccc2c1=O)Nc1cc(Cl)ccc1N1CCCC1. The van der Waals surface area contributed by atoms with Crippen LogP contribution in [0.3, 0.4) is 0 Å². The zero-order valence-electron chi connectivity index (χ0n) is 15.3. The van der Waals surface area contributed by atoms with Crippen molar-refractivity contribution in [3.8, 4) is 0 Å². The Morgan fingerprint density at radius 3 is 2.75 bits per heavy atom. The van der Waals surface area contributed by atoms with Crippen molar-refractivity contribution in [3.05, 3.63) is 57.8 Å². The average Bonchev–Trinajstić information content (AvgIpc) is 3.22. The van der Waals surface area contributed by atoms with E-state index in [2.05, 4.69) is 20.5 Å². The summed E-state index contributed by atoms with van der Waals surface area (Å²) < 4.78 is 1.22. The van der Waals surface area contributed by atoms with E-state index in [0.717, 1.165) is 31.6 Å². The summed E-state index contributed by atoms with van der Waals surface area (Å²) in [5, 5.41) is 11.9. The number of benzene rings is 2. The van der Waals surface area contributed by atoms with E-state index in [1.165, 1.54) is 4.68 Å². The van der Waals surface area contributed by atoms with E-state index in [4.69, 9.17) is 11.6 Å². The van der Waals surface area contributed by atoms with Crippen molar-refractivity contribution >= 4 is 39.8 Å². The Morgan fingerprint density at radius 1 is 1.14 bits per heavy atom. The molecule has 1 fully saturated rings. The molecule has 0 radical (unpaired) electrons. The molecule has 2 heterocycles. The first kappa shape index (κ1) is 18.4. The number of halogens is 1. The summed E-state index contributed by atoms with van der Waals surface area (Å²) in [6.45, 7) is 2.08. The topological polar surface area (TPSA) is 80.1 Å². The van der Waals surface area contributed by atoms with Gasteiger partial charge >= 0.3 is 0 Å². The van der Waals surface area contributed by atoms with Crippen molar-refractivity contribution in [1.29, 1.82) is 0 Å². The molecule has 8 heteroatoms. The van der Waals surface area contributed by atoms with Gasteiger partial charge in [-0.2, -0.15) is 0 Å². The van der Waals surface area contributed by atoms with Crippen molar-refractivity contribution in [2.45, 2.75) is 25.8 Å². The fourth-order valence-corrected chi connectivity index (χ4v) is 3.60. The lowest BCUT2D eigenvalue weighted by molar-refractivity contribution is -0.116. The normalized spacial score (nSPS) is 13.8. The highest BCUT2D eigenvalue weighted by Gasteiger charge is 2.17.